The first-order chi connectivity index (χ1) is 5.72. The summed E-state index contributed by atoms with van der Waals surface area (Å²) in [4.78, 5) is 2.02. The summed E-state index contributed by atoms with van der Waals surface area (Å²) >= 11 is -1.68. The fourth-order valence-corrected chi connectivity index (χ4v) is 2.08. The van der Waals surface area contributed by atoms with Crippen molar-refractivity contribution in [1.82, 2.24) is 4.90 Å². The highest BCUT2D eigenvalue weighted by Gasteiger charge is 2.18. The molecule has 1 unspecified atom stereocenters. The van der Waals surface area contributed by atoms with Crippen LogP contribution >= 0.6 is 0 Å². The maximum Gasteiger partial charge on any atom is 0.167 e. The van der Waals surface area contributed by atoms with Gasteiger partial charge in [0.1, 0.15) is 5.88 Å². The van der Waals surface area contributed by atoms with E-state index in [-0.39, 0.29) is 5.88 Å². The van der Waals surface area contributed by atoms with E-state index in [1.54, 1.807) is 0 Å². The average molecular weight is 192 g/mol. The van der Waals surface area contributed by atoms with Gasteiger partial charge >= 0.3 is 0 Å². The Morgan fingerprint density at radius 3 is 2.50 bits per heavy atom. The van der Waals surface area contributed by atoms with E-state index in [4.69, 9.17) is 10.3 Å². The molecule has 1 rings (SSSR count). The number of hydrogen-bond acceptors (Lipinski definition) is 3. The SMILES string of the molecule is NCC1CCN(CS(=O)O)CC1. The van der Waals surface area contributed by atoms with Crippen molar-refractivity contribution in [2.24, 2.45) is 11.7 Å². The van der Waals surface area contributed by atoms with E-state index in [9.17, 15) is 4.21 Å². The Hall–Kier alpha value is 0.0300. The zero-order chi connectivity index (χ0) is 8.97. The Labute approximate surface area is 75.4 Å². The van der Waals surface area contributed by atoms with Crippen LogP contribution in [0.4, 0.5) is 0 Å². The van der Waals surface area contributed by atoms with Crippen LogP contribution in [0.5, 0.6) is 0 Å². The van der Waals surface area contributed by atoms with Crippen LogP contribution in [0.3, 0.4) is 0 Å². The van der Waals surface area contributed by atoms with E-state index in [1.165, 1.54) is 0 Å². The summed E-state index contributed by atoms with van der Waals surface area (Å²) in [5.41, 5.74) is 5.52. The molecule has 0 aromatic rings. The van der Waals surface area contributed by atoms with Crippen molar-refractivity contribution in [1.29, 1.82) is 0 Å². The third-order valence-electron chi connectivity index (χ3n) is 2.33. The topological polar surface area (TPSA) is 66.6 Å². The average Bonchev–Trinajstić information content (AvgIpc) is 2.05. The van der Waals surface area contributed by atoms with E-state index in [1.807, 2.05) is 4.90 Å². The van der Waals surface area contributed by atoms with Crippen molar-refractivity contribution >= 4 is 11.1 Å². The predicted molar refractivity (Wildman–Crippen MR) is 49.0 cm³/mol. The molecule has 4 nitrogen and oxygen atoms in total. The fourth-order valence-electron chi connectivity index (χ4n) is 1.51. The Kier molecular flexibility index (Phi) is 4.14. The minimum absolute atomic E-state index is 0.289. The number of rotatable bonds is 3. The Balaban J connectivity index is 2.21. The lowest BCUT2D eigenvalue weighted by Gasteiger charge is -2.29. The van der Waals surface area contributed by atoms with Gasteiger partial charge in [0.2, 0.25) is 0 Å². The molecular weight excluding hydrogens is 176 g/mol. The second-order valence-electron chi connectivity index (χ2n) is 3.25. The smallest absolute Gasteiger partial charge is 0.167 e. The lowest BCUT2D eigenvalue weighted by molar-refractivity contribution is 0.211. The quantitative estimate of drug-likeness (QED) is 0.610. The number of nitrogens with two attached hydrogens (primary N) is 1. The molecule has 0 aliphatic carbocycles. The van der Waals surface area contributed by atoms with Crippen molar-refractivity contribution in [3.05, 3.63) is 0 Å². The van der Waals surface area contributed by atoms with Crippen LogP contribution < -0.4 is 5.73 Å². The molecule has 0 spiro atoms. The Bertz CT molecular complexity index is 157. The molecule has 0 bridgehead atoms. The molecule has 0 radical (unpaired) electrons. The lowest BCUT2D eigenvalue weighted by Crippen LogP contribution is -2.37. The van der Waals surface area contributed by atoms with E-state index in [2.05, 4.69) is 0 Å². The first kappa shape index (κ1) is 10.1. The second-order valence-corrected chi connectivity index (χ2v) is 4.15. The minimum atomic E-state index is -1.68. The van der Waals surface area contributed by atoms with Gasteiger partial charge < -0.3 is 10.3 Å². The normalized spacial score (nSPS) is 24.2. The second kappa shape index (κ2) is 4.91. The molecule has 0 saturated carbocycles. The summed E-state index contributed by atoms with van der Waals surface area (Å²) in [7, 11) is 0. The van der Waals surface area contributed by atoms with Crippen molar-refractivity contribution < 1.29 is 8.76 Å². The summed E-state index contributed by atoms with van der Waals surface area (Å²) in [5, 5.41) is 0. The van der Waals surface area contributed by atoms with Gasteiger partial charge in [0, 0.05) is 0 Å². The number of piperidine rings is 1. The van der Waals surface area contributed by atoms with Gasteiger partial charge in [-0.1, -0.05) is 0 Å². The van der Waals surface area contributed by atoms with Gasteiger partial charge in [0.05, 0.1) is 0 Å². The molecule has 1 fully saturated rings. The molecule has 0 aromatic heterocycles. The van der Waals surface area contributed by atoms with E-state index in [0.29, 0.717) is 5.92 Å². The molecule has 1 heterocycles. The molecule has 0 aromatic carbocycles. The van der Waals surface area contributed by atoms with Gasteiger partial charge in [-0.15, -0.1) is 0 Å². The summed E-state index contributed by atoms with van der Waals surface area (Å²) in [6, 6.07) is 0. The maximum absolute atomic E-state index is 10.5. The molecular formula is C7H16N2O2S. The highest BCUT2D eigenvalue weighted by atomic mass is 32.2. The van der Waals surface area contributed by atoms with Gasteiger partial charge in [0.15, 0.2) is 11.1 Å². The molecule has 72 valence electrons. The van der Waals surface area contributed by atoms with Crippen LogP contribution in [-0.2, 0) is 11.1 Å². The molecule has 3 N–H and O–H groups in total. The summed E-state index contributed by atoms with van der Waals surface area (Å²) in [6.07, 6.45) is 2.13. The first-order valence-electron chi connectivity index (χ1n) is 4.22. The molecule has 1 aliphatic heterocycles. The monoisotopic (exact) mass is 192 g/mol. The largest absolute Gasteiger partial charge is 0.330 e. The third kappa shape index (κ3) is 3.18. The molecule has 1 atom stereocenters. The van der Waals surface area contributed by atoms with Gasteiger partial charge in [0.25, 0.3) is 0 Å². The van der Waals surface area contributed by atoms with Crippen molar-refractivity contribution in [2.45, 2.75) is 12.8 Å². The Morgan fingerprint density at radius 2 is 2.08 bits per heavy atom. The fraction of sp³-hybridized carbons (Fsp3) is 1.00. The van der Waals surface area contributed by atoms with Crippen LogP contribution in [0.25, 0.3) is 0 Å². The number of likely N-dealkylation sites (tertiary alicyclic amines) is 1. The standard InChI is InChI=1S/C7H16N2O2S/c8-5-7-1-3-9(4-2-7)6-12(10)11/h7H,1-6,8H2,(H,10,11). The van der Waals surface area contributed by atoms with Crippen LogP contribution in [0.15, 0.2) is 0 Å². The van der Waals surface area contributed by atoms with E-state index < -0.39 is 11.1 Å². The minimum Gasteiger partial charge on any atom is -0.330 e. The van der Waals surface area contributed by atoms with Gasteiger partial charge in [-0.25, -0.2) is 4.21 Å². The molecule has 1 aliphatic rings. The van der Waals surface area contributed by atoms with Crippen LogP contribution in [0.2, 0.25) is 0 Å². The summed E-state index contributed by atoms with van der Waals surface area (Å²) in [5.74, 6) is 0.908. The third-order valence-corrected chi connectivity index (χ3v) is 2.92. The predicted octanol–water partition coefficient (Wildman–Crippen LogP) is -0.164. The number of nitrogens with zero attached hydrogens (tertiary/aromatic N) is 1. The number of hydrogen-bond donors (Lipinski definition) is 2. The van der Waals surface area contributed by atoms with Gasteiger partial charge in [-0.2, -0.15) is 0 Å². The maximum atomic E-state index is 10.5. The highest BCUT2D eigenvalue weighted by Crippen LogP contribution is 2.15. The van der Waals surface area contributed by atoms with Crippen molar-refractivity contribution in [3.8, 4) is 0 Å². The molecule has 1 saturated heterocycles. The van der Waals surface area contributed by atoms with Crippen LogP contribution in [0.1, 0.15) is 12.8 Å². The molecule has 0 amide bonds. The van der Waals surface area contributed by atoms with E-state index >= 15 is 0 Å². The summed E-state index contributed by atoms with van der Waals surface area (Å²) < 4.78 is 19.1. The highest BCUT2D eigenvalue weighted by molar-refractivity contribution is 7.79. The van der Waals surface area contributed by atoms with Crippen molar-refractivity contribution in [2.75, 3.05) is 25.5 Å². The van der Waals surface area contributed by atoms with Crippen LogP contribution in [0, 0.1) is 5.92 Å². The van der Waals surface area contributed by atoms with Gasteiger partial charge in [-0.05, 0) is 38.4 Å². The lowest BCUT2D eigenvalue weighted by atomic mass is 9.98. The summed E-state index contributed by atoms with van der Waals surface area (Å²) in [6.45, 7) is 2.57. The zero-order valence-corrected chi connectivity index (χ0v) is 7.92. The first-order valence-corrected chi connectivity index (χ1v) is 5.50. The van der Waals surface area contributed by atoms with Crippen molar-refractivity contribution in [3.63, 3.8) is 0 Å². The Morgan fingerprint density at radius 1 is 1.50 bits per heavy atom. The van der Waals surface area contributed by atoms with E-state index in [0.717, 1.165) is 32.5 Å². The zero-order valence-electron chi connectivity index (χ0n) is 7.11. The molecule has 5 heteroatoms. The van der Waals surface area contributed by atoms with Gasteiger partial charge in [-0.3, -0.25) is 4.90 Å². The molecule has 12 heavy (non-hydrogen) atoms. The van der Waals surface area contributed by atoms with Crippen LogP contribution in [-0.4, -0.2) is 39.2 Å².